The number of rotatable bonds is 4. The Hall–Kier alpha value is -2.12. The number of aliphatic imine (C=N–C) groups is 1. The molecule has 2 aromatic rings. The highest BCUT2D eigenvalue weighted by atomic mass is 35.5. The molecule has 2 aromatic carbocycles. The predicted octanol–water partition coefficient (Wildman–Crippen LogP) is 5.04. The largest absolute Gasteiger partial charge is 0.237 e. The van der Waals surface area contributed by atoms with Crippen LogP contribution in [0, 0.1) is 0 Å². The van der Waals surface area contributed by atoms with Crippen LogP contribution in [0.25, 0.3) is 11.1 Å². The number of benzene rings is 2. The molecule has 1 nitrogen and oxygen atoms in total. The molecule has 94 valence electrons. The van der Waals surface area contributed by atoms with E-state index in [4.69, 9.17) is 11.6 Å². The number of hydrogen-bond acceptors (Lipinski definition) is 1. The third-order valence-corrected chi connectivity index (χ3v) is 2.81. The van der Waals surface area contributed by atoms with Crippen molar-refractivity contribution < 1.29 is 0 Å². The lowest BCUT2D eigenvalue weighted by molar-refractivity contribution is 1.50. The zero-order valence-corrected chi connectivity index (χ0v) is 11.3. The van der Waals surface area contributed by atoms with E-state index in [1.807, 2.05) is 30.3 Å². The summed E-state index contributed by atoms with van der Waals surface area (Å²) in [6.07, 6.45) is 1.67. The molecule has 0 heterocycles. The van der Waals surface area contributed by atoms with E-state index in [9.17, 15) is 0 Å². The van der Waals surface area contributed by atoms with E-state index in [2.05, 4.69) is 42.4 Å². The lowest BCUT2D eigenvalue weighted by atomic mass is 10.0. The van der Waals surface area contributed by atoms with Crippen LogP contribution < -0.4 is 0 Å². The topological polar surface area (TPSA) is 12.4 Å². The van der Waals surface area contributed by atoms with Gasteiger partial charge < -0.3 is 0 Å². The van der Waals surface area contributed by atoms with Crippen LogP contribution in [0.15, 0.2) is 84.0 Å². The van der Waals surface area contributed by atoms with Gasteiger partial charge in [-0.1, -0.05) is 79.4 Å². The van der Waals surface area contributed by atoms with Gasteiger partial charge in [0.1, 0.15) is 5.16 Å². The maximum Gasteiger partial charge on any atom is 0.122 e. The first-order chi connectivity index (χ1) is 9.20. The third-order valence-electron chi connectivity index (χ3n) is 2.72. The van der Waals surface area contributed by atoms with Gasteiger partial charge >= 0.3 is 0 Å². The fourth-order valence-corrected chi connectivity index (χ4v) is 1.91. The summed E-state index contributed by atoms with van der Waals surface area (Å²) in [5, 5.41) is 0.252. The van der Waals surface area contributed by atoms with Crippen molar-refractivity contribution in [2.75, 3.05) is 0 Å². The maximum absolute atomic E-state index is 5.70. The summed E-state index contributed by atoms with van der Waals surface area (Å²) in [4.78, 5) is 4.14. The Balaban J connectivity index is 2.33. The Morgan fingerprint density at radius 1 is 0.947 bits per heavy atom. The molecule has 0 amide bonds. The van der Waals surface area contributed by atoms with E-state index < -0.39 is 0 Å². The zero-order chi connectivity index (χ0) is 13.7. The maximum atomic E-state index is 5.70. The summed E-state index contributed by atoms with van der Waals surface area (Å²) in [6.45, 7) is 7.30. The molecule has 0 saturated heterocycles. The fourth-order valence-electron chi connectivity index (χ4n) is 1.82. The first-order valence-corrected chi connectivity index (χ1v) is 6.30. The average Bonchev–Trinajstić information content (AvgIpc) is 2.46. The van der Waals surface area contributed by atoms with Crippen molar-refractivity contribution in [2.45, 2.75) is 0 Å². The van der Waals surface area contributed by atoms with Crippen LogP contribution in [0.2, 0.25) is 0 Å². The highest BCUT2D eigenvalue weighted by molar-refractivity contribution is 6.30. The molecule has 2 heteroatoms. The summed E-state index contributed by atoms with van der Waals surface area (Å²) in [6, 6.07) is 18.3. The van der Waals surface area contributed by atoms with Gasteiger partial charge in [-0.15, -0.1) is 0 Å². The zero-order valence-electron chi connectivity index (χ0n) is 10.5. The fraction of sp³-hybridized carbons (Fsp3) is 0. The van der Waals surface area contributed by atoms with Gasteiger partial charge in [-0.2, -0.15) is 0 Å². The number of nitrogens with zero attached hydrogens (tertiary/aromatic N) is 1. The molecule has 0 unspecified atom stereocenters. The molecule has 0 aliphatic carbocycles. The molecular formula is C17H14ClN. The normalized spacial score (nSPS) is 11.1. The van der Waals surface area contributed by atoms with Crippen molar-refractivity contribution in [1.82, 2.24) is 0 Å². The Kier molecular flexibility index (Phi) is 4.32. The Morgan fingerprint density at radius 3 is 2.05 bits per heavy atom. The molecule has 0 atom stereocenters. The van der Waals surface area contributed by atoms with Crippen LogP contribution in [-0.4, -0.2) is 5.71 Å². The minimum Gasteiger partial charge on any atom is -0.237 e. The third kappa shape index (κ3) is 3.43. The Labute approximate surface area is 118 Å². The van der Waals surface area contributed by atoms with Crippen LogP contribution in [0.4, 0.5) is 0 Å². The molecule has 0 bridgehead atoms. The van der Waals surface area contributed by atoms with E-state index in [1.165, 1.54) is 5.56 Å². The first-order valence-electron chi connectivity index (χ1n) is 5.92. The van der Waals surface area contributed by atoms with Crippen molar-refractivity contribution in [2.24, 2.45) is 4.99 Å². The van der Waals surface area contributed by atoms with E-state index >= 15 is 0 Å². The van der Waals surface area contributed by atoms with Gasteiger partial charge in [0.25, 0.3) is 0 Å². The van der Waals surface area contributed by atoms with Crippen molar-refractivity contribution >= 4 is 17.3 Å². The quantitative estimate of drug-likeness (QED) is 0.544. The van der Waals surface area contributed by atoms with E-state index in [0.29, 0.717) is 0 Å². The second kappa shape index (κ2) is 6.17. The molecule has 0 aliphatic heterocycles. The lowest BCUT2D eigenvalue weighted by Crippen LogP contribution is -1.95. The van der Waals surface area contributed by atoms with Crippen molar-refractivity contribution in [1.29, 1.82) is 0 Å². The molecule has 2 rings (SSSR count). The van der Waals surface area contributed by atoms with E-state index in [1.54, 1.807) is 6.08 Å². The molecule has 0 N–H and O–H groups in total. The number of allylic oxidation sites excluding steroid dienone is 1. The van der Waals surface area contributed by atoms with Gasteiger partial charge in [0.2, 0.25) is 0 Å². The van der Waals surface area contributed by atoms with Crippen LogP contribution in [-0.2, 0) is 0 Å². The van der Waals surface area contributed by atoms with Crippen LogP contribution in [0.5, 0.6) is 0 Å². The number of hydrogen-bond donors (Lipinski definition) is 0. The summed E-state index contributed by atoms with van der Waals surface area (Å²) in [5.74, 6) is 0. The van der Waals surface area contributed by atoms with E-state index in [0.717, 1.165) is 16.8 Å². The standard InChI is InChI=1S/C17H14ClN/c1-3-17(19-13(2)18)16-11-9-15(10-12-16)14-7-5-4-6-8-14/h3-12H,1-2H2/b19-17+. The van der Waals surface area contributed by atoms with Gasteiger partial charge in [-0.05, 0) is 17.2 Å². The van der Waals surface area contributed by atoms with Gasteiger partial charge in [-0.25, -0.2) is 4.99 Å². The molecule has 0 aromatic heterocycles. The Morgan fingerprint density at radius 2 is 1.53 bits per heavy atom. The molecule has 0 aliphatic rings. The van der Waals surface area contributed by atoms with Gasteiger partial charge in [0, 0.05) is 5.56 Å². The van der Waals surface area contributed by atoms with Crippen molar-refractivity contribution in [3.8, 4) is 11.1 Å². The summed E-state index contributed by atoms with van der Waals surface area (Å²) in [7, 11) is 0. The molecule has 0 spiro atoms. The molecule has 0 radical (unpaired) electrons. The minimum absolute atomic E-state index is 0.252. The highest BCUT2D eigenvalue weighted by Crippen LogP contribution is 2.20. The van der Waals surface area contributed by atoms with Gasteiger partial charge in [0.05, 0.1) is 5.71 Å². The molecule has 0 fully saturated rings. The van der Waals surface area contributed by atoms with Crippen LogP contribution in [0.1, 0.15) is 5.56 Å². The molecule has 0 saturated carbocycles. The van der Waals surface area contributed by atoms with Gasteiger partial charge in [0.15, 0.2) is 0 Å². The monoisotopic (exact) mass is 267 g/mol. The minimum atomic E-state index is 0.252. The van der Waals surface area contributed by atoms with Crippen molar-refractivity contribution in [3.63, 3.8) is 0 Å². The second-order valence-electron chi connectivity index (χ2n) is 4.02. The first kappa shape index (κ1) is 13.3. The van der Waals surface area contributed by atoms with E-state index in [-0.39, 0.29) is 5.16 Å². The smallest absolute Gasteiger partial charge is 0.122 e. The summed E-state index contributed by atoms with van der Waals surface area (Å²) < 4.78 is 0. The molecular weight excluding hydrogens is 254 g/mol. The summed E-state index contributed by atoms with van der Waals surface area (Å²) in [5.41, 5.74) is 4.04. The highest BCUT2D eigenvalue weighted by Gasteiger charge is 2.01. The average molecular weight is 268 g/mol. The number of halogens is 1. The van der Waals surface area contributed by atoms with Crippen molar-refractivity contribution in [3.05, 3.63) is 84.6 Å². The lowest BCUT2D eigenvalue weighted by Gasteiger charge is -2.04. The second-order valence-corrected chi connectivity index (χ2v) is 4.46. The summed E-state index contributed by atoms with van der Waals surface area (Å²) >= 11 is 5.70. The van der Waals surface area contributed by atoms with Crippen LogP contribution in [0.3, 0.4) is 0 Å². The SMILES string of the molecule is C=C/C(=N\C(=C)Cl)c1ccc(-c2ccccc2)cc1. The van der Waals surface area contributed by atoms with Gasteiger partial charge in [-0.3, -0.25) is 0 Å². The molecule has 19 heavy (non-hydrogen) atoms. The Bertz CT molecular complexity index is 609. The predicted molar refractivity (Wildman–Crippen MR) is 83.6 cm³/mol. The van der Waals surface area contributed by atoms with Crippen LogP contribution >= 0.6 is 11.6 Å².